The number of hydrogen-bond acceptors (Lipinski definition) is 7. The monoisotopic (exact) mass is 642 g/mol. The van der Waals surface area contributed by atoms with Crippen molar-refractivity contribution in [3.8, 4) is 0 Å². The zero-order valence-electron chi connectivity index (χ0n) is 28.0. The van der Waals surface area contributed by atoms with Crippen LogP contribution in [0.3, 0.4) is 0 Å². The van der Waals surface area contributed by atoms with E-state index in [1.165, 1.54) is 12.1 Å². The van der Waals surface area contributed by atoms with Gasteiger partial charge in [-0.1, -0.05) is 32.0 Å². The summed E-state index contributed by atoms with van der Waals surface area (Å²) in [6, 6.07) is 11.6. The number of hydrogen-bond donors (Lipinski definition) is 0. The SMILES string of the molecule is C[C@@H]1CN(CC(=O)N2CC(C)(C)c3ncc(Cc4ccc(F)cc4)cc32)[C@@H](CN2Cc3cccnc3C2=O)CN1C(=O)OC(C)(C)C. The molecule has 0 saturated carbocycles. The number of rotatable bonds is 6. The van der Waals surface area contributed by atoms with Crippen LogP contribution in [0, 0.1) is 5.82 Å². The molecule has 1 aromatic carbocycles. The Hall–Kier alpha value is -4.38. The topological polar surface area (TPSA) is 99.2 Å². The summed E-state index contributed by atoms with van der Waals surface area (Å²) in [6.07, 6.45) is 3.61. The number of carbonyl (C=O) groups is 3. The average Bonchev–Trinajstić information content (AvgIpc) is 3.46. The minimum atomic E-state index is -0.656. The lowest BCUT2D eigenvalue weighted by Crippen LogP contribution is -2.63. The number of piperazine rings is 1. The molecule has 0 radical (unpaired) electrons. The number of fused-ring (bicyclic) bond motifs is 2. The molecule has 10 nitrogen and oxygen atoms in total. The summed E-state index contributed by atoms with van der Waals surface area (Å²) in [4.78, 5) is 57.3. The second-order valence-corrected chi connectivity index (χ2v) is 14.6. The van der Waals surface area contributed by atoms with Crippen molar-refractivity contribution in [2.24, 2.45) is 0 Å². The molecule has 0 N–H and O–H groups in total. The summed E-state index contributed by atoms with van der Waals surface area (Å²) in [6.45, 7) is 13.7. The molecule has 5 heterocycles. The van der Waals surface area contributed by atoms with E-state index >= 15 is 0 Å². The Morgan fingerprint density at radius 3 is 2.51 bits per heavy atom. The fourth-order valence-electron chi connectivity index (χ4n) is 6.83. The quantitative estimate of drug-likeness (QED) is 0.381. The van der Waals surface area contributed by atoms with Gasteiger partial charge in [-0.3, -0.25) is 24.5 Å². The molecule has 2 aromatic heterocycles. The van der Waals surface area contributed by atoms with Gasteiger partial charge in [0.05, 0.1) is 17.9 Å². The summed E-state index contributed by atoms with van der Waals surface area (Å²) in [7, 11) is 0. The maximum atomic E-state index is 14.2. The van der Waals surface area contributed by atoms with Crippen LogP contribution < -0.4 is 4.90 Å². The summed E-state index contributed by atoms with van der Waals surface area (Å²) in [5.74, 6) is -0.503. The highest BCUT2D eigenvalue weighted by Crippen LogP contribution is 2.40. The first-order valence-corrected chi connectivity index (χ1v) is 16.2. The van der Waals surface area contributed by atoms with Crippen molar-refractivity contribution in [1.29, 1.82) is 0 Å². The first-order chi connectivity index (χ1) is 22.2. The third-order valence-corrected chi connectivity index (χ3v) is 9.13. The maximum Gasteiger partial charge on any atom is 0.410 e. The number of halogens is 1. The molecule has 3 aromatic rings. The van der Waals surface area contributed by atoms with E-state index in [9.17, 15) is 18.8 Å². The Morgan fingerprint density at radius 2 is 1.81 bits per heavy atom. The predicted octanol–water partition coefficient (Wildman–Crippen LogP) is 4.80. The number of nitrogens with zero attached hydrogens (tertiary/aromatic N) is 6. The number of aromatic nitrogens is 2. The molecule has 248 valence electrons. The Morgan fingerprint density at radius 1 is 1.06 bits per heavy atom. The third kappa shape index (κ3) is 6.86. The lowest BCUT2D eigenvalue weighted by atomic mass is 9.91. The van der Waals surface area contributed by atoms with E-state index in [4.69, 9.17) is 9.72 Å². The number of carbonyl (C=O) groups excluding carboxylic acids is 3. The van der Waals surface area contributed by atoms with Crippen molar-refractivity contribution < 1.29 is 23.5 Å². The second-order valence-electron chi connectivity index (χ2n) is 14.6. The van der Waals surface area contributed by atoms with E-state index in [2.05, 4.69) is 23.7 Å². The summed E-state index contributed by atoms with van der Waals surface area (Å²) in [5.41, 5.74) is 3.85. The number of pyridine rings is 2. The van der Waals surface area contributed by atoms with E-state index < -0.39 is 11.7 Å². The van der Waals surface area contributed by atoms with Crippen molar-refractivity contribution in [3.63, 3.8) is 0 Å². The first kappa shape index (κ1) is 32.6. The molecule has 1 fully saturated rings. The molecular formula is C36H43FN6O4. The lowest BCUT2D eigenvalue weighted by molar-refractivity contribution is -0.121. The van der Waals surface area contributed by atoms with Crippen LogP contribution in [-0.4, -0.2) is 93.0 Å². The number of amides is 3. The smallest absolute Gasteiger partial charge is 0.410 e. The van der Waals surface area contributed by atoms with Crippen LogP contribution in [0.15, 0.2) is 54.9 Å². The highest BCUT2D eigenvalue weighted by Gasteiger charge is 2.43. The van der Waals surface area contributed by atoms with Gasteiger partial charge in [-0.25, -0.2) is 9.18 Å². The number of anilines is 1. The minimum Gasteiger partial charge on any atom is -0.444 e. The normalized spacial score (nSPS) is 20.7. The number of ether oxygens (including phenoxy) is 1. The molecule has 3 aliphatic heterocycles. The van der Waals surface area contributed by atoms with Crippen molar-refractivity contribution >= 4 is 23.6 Å². The molecule has 0 aliphatic carbocycles. The van der Waals surface area contributed by atoms with Crippen LogP contribution in [0.1, 0.15) is 74.4 Å². The van der Waals surface area contributed by atoms with Crippen molar-refractivity contribution in [1.82, 2.24) is 24.7 Å². The Labute approximate surface area is 275 Å². The number of benzene rings is 1. The van der Waals surface area contributed by atoms with E-state index in [-0.39, 0.29) is 41.7 Å². The summed E-state index contributed by atoms with van der Waals surface area (Å²) >= 11 is 0. The molecule has 6 rings (SSSR count). The first-order valence-electron chi connectivity index (χ1n) is 16.2. The van der Waals surface area contributed by atoms with Gasteiger partial charge in [0.25, 0.3) is 5.91 Å². The van der Waals surface area contributed by atoms with Gasteiger partial charge in [-0.2, -0.15) is 0 Å². The van der Waals surface area contributed by atoms with E-state index in [1.807, 2.05) is 57.0 Å². The molecule has 0 spiro atoms. The van der Waals surface area contributed by atoms with Crippen LogP contribution in [0.5, 0.6) is 0 Å². The standard InChI is InChI=1S/C36H43FN6O4/c1-23-17-40(28(20-42(23)34(46)47-35(2,3)4)19-41-18-26-8-7-13-38-31(26)33(41)45)21-30(44)43-22-36(5,6)32-29(43)15-25(16-39-32)14-24-9-11-27(37)12-10-24/h7-13,15-16,23,28H,14,17-22H2,1-6H3/t23-,28+/m1/s1. The van der Waals surface area contributed by atoms with Crippen molar-refractivity contribution in [2.75, 3.05) is 37.6 Å². The van der Waals surface area contributed by atoms with Gasteiger partial charge in [-0.15, -0.1) is 0 Å². The van der Waals surface area contributed by atoms with Crippen molar-refractivity contribution in [3.05, 3.63) is 88.8 Å². The van der Waals surface area contributed by atoms with Gasteiger partial charge >= 0.3 is 6.09 Å². The van der Waals surface area contributed by atoms with Gasteiger partial charge in [0.1, 0.15) is 17.1 Å². The third-order valence-electron chi connectivity index (χ3n) is 9.13. The largest absolute Gasteiger partial charge is 0.444 e. The predicted molar refractivity (Wildman–Crippen MR) is 176 cm³/mol. The zero-order valence-corrected chi connectivity index (χ0v) is 28.0. The summed E-state index contributed by atoms with van der Waals surface area (Å²) in [5, 5.41) is 0. The maximum absolute atomic E-state index is 14.2. The van der Waals surface area contributed by atoms with Crippen LogP contribution in [0.25, 0.3) is 0 Å². The molecule has 1 saturated heterocycles. The van der Waals surface area contributed by atoms with Crippen LogP contribution in [0.4, 0.5) is 14.9 Å². The molecule has 2 atom stereocenters. The lowest BCUT2D eigenvalue weighted by Gasteiger charge is -2.46. The minimum absolute atomic E-state index is 0.0711. The molecule has 3 aliphatic rings. The average molecular weight is 643 g/mol. The van der Waals surface area contributed by atoms with Gasteiger partial charge in [0.15, 0.2) is 0 Å². The highest BCUT2D eigenvalue weighted by molar-refractivity contribution is 5.98. The molecule has 3 amide bonds. The van der Waals surface area contributed by atoms with E-state index in [1.54, 1.807) is 28.1 Å². The fraction of sp³-hybridized carbons (Fsp3) is 0.472. The Kier molecular flexibility index (Phi) is 8.54. The molecule has 11 heteroatoms. The highest BCUT2D eigenvalue weighted by atomic mass is 19.1. The van der Waals surface area contributed by atoms with Crippen LogP contribution >= 0.6 is 0 Å². The van der Waals surface area contributed by atoms with E-state index in [0.29, 0.717) is 44.8 Å². The van der Waals surface area contributed by atoms with Crippen LogP contribution in [-0.2, 0) is 27.9 Å². The van der Waals surface area contributed by atoms with Crippen molar-refractivity contribution in [2.45, 2.75) is 77.6 Å². The molecule has 0 unspecified atom stereocenters. The zero-order chi connectivity index (χ0) is 33.7. The van der Waals surface area contributed by atoms with Gasteiger partial charge in [0.2, 0.25) is 5.91 Å². The Balaban J connectivity index is 1.24. The van der Waals surface area contributed by atoms with Gasteiger partial charge < -0.3 is 19.4 Å². The summed E-state index contributed by atoms with van der Waals surface area (Å²) < 4.78 is 19.2. The Bertz CT molecular complexity index is 1690. The second kappa shape index (κ2) is 12.3. The molecule has 47 heavy (non-hydrogen) atoms. The van der Waals surface area contributed by atoms with E-state index in [0.717, 1.165) is 28.1 Å². The molecular weight excluding hydrogens is 599 g/mol. The van der Waals surface area contributed by atoms with Gasteiger partial charge in [-0.05, 0) is 69.5 Å². The fourth-order valence-corrected chi connectivity index (χ4v) is 6.83. The van der Waals surface area contributed by atoms with Gasteiger partial charge in [0, 0.05) is 68.2 Å². The van der Waals surface area contributed by atoms with Crippen LogP contribution in [0.2, 0.25) is 0 Å². The molecule has 0 bridgehead atoms.